The van der Waals surface area contributed by atoms with E-state index in [9.17, 15) is 9.18 Å². The molecule has 0 saturated carbocycles. The van der Waals surface area contributed by atoms with Crippen molar-refractivity contribution in [3.05, 3.63) is 71.3 Å². The fourth-order valence-electron chi connectivity index (χ4n) is 4.14. The number of nitrogens with zero attached hydrogens (tertiary/aromatic N) is 3. The van der Waals surface area contributed by atoms with Gasteiger partial charge in [0.2, 0.25) is 5.95 Å². The van der Waals surface area contributed by atoms with Crippen LogP contribution in [-0.2, 0) is 6.61 Å². The fourth-order valence-corrected chi connectivity index (χ4v) is 4.14. The van der Waals surface area contributed by atoms with Crippen molar-refractivity contribution in [3.8, 4) is 11.5 Å². The Labute approximate surface area is 205 Å². The summed E-state index contributed by atoms with van der Waals surface area (Å²) in [5, 5.41) is 3.18. The minimum Gasteiger partial charge on any atom is -0.494 e. The van der Waals surface area contributed by atoms with Gasteiger partial charge in [-0.3, -0.25) is 4.79 Å². The van der Waals surface area contributed by atoms with Gasteiger partial charge >= 0.3 is 0 Å². The van der Waals surface area contributed by atoms with Gasteiger partial charge < -0.3 is 19.7 Å². The zero-order valence-electron chi connectivity index (χ0n) is 20.4. The molecule has 3 aromatic rings. The Bertz CT molecular complexity index is 1150. The van der Waals surface area contributed by atoms with Crippen LogP contribution in [0.25, 0.3) is 0 Å². The zero-order chi connectivity index (χ0) is 24.8. The molecule has 184 valence electrons. The van der Waals surface area contributed by atoms with E-state index >= 15 is 0 Å². The predicted octanol–water partition coefficient (Wildman–Crippen LogP) is 5.35. The number of halogens is 1. The second-order valence-electron chi connectivity index (χ2n) is 8.66. The van der Waals surface area contributed by atoms with Crippen LogP contribution in [-0.4, -0.2) is 47.4 Å². The number of hydrogen-bond donors (Lipinski definition) is 1. The highest BCUT2D eigenvalue weighted by molar-refractivity contribution is 5.96. The number of ketones is 1. The minimum atomic E-state index is -0.553. The van der Waals surface area contributed by atoms with Gasteiger partial charge in [0, 0.05) is 42.2 Å². The second kappa shape index (κ2) is 11.3. The van der Waals surface area contributed by atoms with E-state index in [-0.39, 0.29) is 23.7 Å². The van der Waals surface area contributed by atoms with Crippen molar-refractivity contribution in [2.24, 2.45) is 0 Å². The summed E-state index contributed by atoms with van der Waals surface area (Å²) in [5.41, 5.74) is 2.87. The molecule has 8 heteroatoms. The van der Waals surface area contributed by atoms with E-state index in [0.717, 1.165) is 18.8 Å². The molecule has 35 heavy (non-hydrogen) atoms. The van der Waals surface area contributed by atoms with Crippen LogP contribution in [0.1, 0.15) is 54.1 Å². The van der Waals surface area contributed by atoms with Crippen LogP contribution in [0.2, 0.25) is 0 Å². The molecule has 0 spiro atoms. The number of aromatic nitrogens is 2. The van der Waals surface area contributed by atoms with Crippen LogP contribution in [0, 0.1) is 5.82 Å². The van der Waals surface area contributed by atoms with Gasteiger partial charge in [-0.1, -0.05) is 26.0 Å². The molecular weight excluding hydrogens is 447 g/mol. The number of hydrogen-bond acceptors (Lipinski definition) is 7. The topological polar surface area (TPSA) is 76.6 Å². The molecule has 7 nitrogen and oxygen atoms in total. The van der Waals surface area contributed by atoms with E-state index in [2.05, 4.69) is 39.2 Å². The van der Waals surface area contributed by atoms with Gasteiger partial charge in [-0.2, -0.15) is 0 Å². The number of anilines is 2. The second-order valence-corrected chi connectivity index (χ2v) is 8.66. The highest BCUT2D eigenvalue weighted by Gasteiger charge is 2.26. The average molecular weight is 479 g/mol. The molecule has 2 heterocycles. The van der Waals surface area contributed by atoms with Crippen LogP contribution in [0.15, 0.2) is 48.8 Å². The van der Waals surface area contributed by atoms with Crippen molar-refractivity contribution < 1.29 is 18.7 Å². The van der Waals surface area contributed by atoms with E-state index in [1.54, 1.807) is 6.92 Å². The summed E-state index contributed by atoms with van der Waals surface area (Å²) in [6, 6.07) is 11.3. The molecule has 0 bridgehead atoms. The molecule has 0 aliphatic carbocycles. The lowest BCUT2D eigenvalue weighted by atomic mass is 9.91. The van der Waals surface area contributed by atoms with Crippen LogP contribution in [0.5, 0.6) is 11.5 Å². The number of carbonyl (C=O) groups excluding carboxylic acids is 1. The van der Waals surface area contributed by atoms with Gasteiger partial charge in [0.15, 0.2) is 23.1 Å². The van der Waals surface area contributed by atoms with Gasteiger partial charge in [-0.05, 0) is 42.8 Å². The molecular formula is C27H31FN4O3. The molecule has 2 aromatic carbocycles. The van der Waals surface area contributed by atoms with E-state index < -0.39 is 5.82 Å². The molecule has 0 amide bonds. The van der Waals surface area contributed by atoms with Crippen LogP contribution in [0.4, 0.5) is 16.0 Å². The lowest BCUT2D eigenvalue weighted by molar-refractivity contribution is 0.0987. The number of likely N-dealkylation sites (tertiary alicyclic amines) is 1. The first-order chi connectivity index (χ1) is 17.0. The summed E-state index contributed by atoms with van der Waals surface area (Å²) in [4.78, 5) is 23.1. The number of benzene rings is 2. The molecule has 0 radical (unpaired) electrons. The van der Waals surface area contributed by atoms with Crippen LogP contribution >= 0.6 is 0 Å². The molecule has 1 saturated heterocycles. The quantitative estimate of drug-likeness (QED) is 0.372. The van der Waals surface area contributed by atoms with Gasteiger partial charge in [0.1, 0.15) is 6.61 Å². The molecule has 1 fully saturated rings. The van der Waals surface area contributed by atoms with E-state index in [1.807, 2.05) is 12.1 Å². The maximum absolute atomic E-state index is 14.6. The largest absolute Gasteiger partial charge is 0.494 e. The van der Waals surface area contributed by atoms with Crippen molar-refractivity contribution in [1.82, 2.24) is 14.9 Å². The summed E-state index contributed by atoms with van der Waals surface area (Å²) in [7, 11) is 1.37. The molecule has 0 unspecified atom stereocenters. The number of ether oxygens (including phenoxy) is 2. The summed E-state index contributed by atoms with van der Waals surface area (Å²) in [5.74, 6) is 0.795. The fraction of sp³-hybridized carbons (Fsp3) is 0.370. The molecule has 4 rings (SSSR count). The van der Waals surface area contributed by atoms with Crippen molar-refractivity contribution >= 4 is 17.4 Å². The number of methoxy groups -OCH3 is 1. The van der Waals surface area contributed by atoms with Crippen LogP contribution in [0.3, 0.4) is 0 Å². The summed E-state index contributed by atoms with van der Waals surface area (Å²) in [6.45, 7) is 7.30. The first-order valence-corrected chi connectivity index (χ1v) is 11.9. The predicted molar refractivity (Wildman–Crippen MR) is 133 cm³/mol. The SMILES string of the molecule is CCCN1CC(c2ccc(Nc3ncc(OCc4cc(C(=O)CC)cc(OC)c4F)cn3)cc2)C1. The van der Waals surface area contributed by atoms with Gasteiger partial charge in [0.05, 0.1) is 19.5 Å². The van der Waals surface area contributed by atoms with Gasteiger partial charge in [-0.15, -0.1) is 0 Å². The Kier molecular flexibility index (Phi) is 7.92. The highest BCUT2D eigenvalue weighted by atomic mass is 19.1. The smallest absolute Gasteiger partial charge is 0.227 e. The monoisotopic (exact) mass is 478 g/mol. The van der Waals surface area contributed by atoms with Crippen molar-refractivity contribution in [2.45, 2.75) is 39.2 Å². The number of rotatable bonds is 11. The summed E-state index contributed by atoms with van der Waals surface area (Å²) in [6.07, 6.45) is 4.56. The van der Waals surface area contributed by atoms with Gasteiger partial charge in [0.25, 0.3) is 0 Å². The Morgan fingerprint density at radius 2 is 1.86 bits per heavy atom. The minimum absolute atomic E-state index is 0.0142. The Morgan fingerprint density at radius 3 is 2.49 bits per heavy atom. The maximum atomic E-state index is 14.6. The number of Topliss-reactive ketones (excluding diaryl/α,β-unsaturated/α-hetero) is 1. The van der Waals surface area contributed by atoms with E-state index in [0.29, 0.717) is 29.6 Å². The number of carbonyl (C=O) groups is 1. The first kappa shape index (κ1) is 24.6. The standard InChI is InChI=1S/C27H31FN4O3/c1-4-10-32-15-21(16-32)18-6-8-22(9-7-18)31-27-29-13-23(14-30-27)35-17-20-11-19(24(33)5-2)12-25(34-3)26(20)28/h6-9,11-14,21H,4-5,10,15-17H2,1-3H3,(H,29,30,31). The summed E-state index contributed by atoms with van der Waals surface area (Å²) >= 11 is 0. The van der Waals surface area contributed by atoms with E-state index in [4.69, 9.17) is 9.47 Å². The van der Waals surface area contributed by atoms with Gasteiger partial charge in [-0.25, -0.2) is 14.4 Å². The van der Waals surface area contributed by atoms with Crippen molar-refractivity contribution in [1.29, 1.82) is 0 Å². The normalized spacial score (nSPS) is 13.8. The molecule has 0 atom stereocenters. The third-order valence-corrected chi connectivity index (χ3v) is 6.14. The average Bonchev–Trinajstić information content (AvgIpc) is 2.86. The van der Waals surface area contributed by atoms with Crippen LogP contribution < -0.4 is 14.8 Å². The highest BCUT2D eigenvalue weighted by Crippen LogP contribution is 2.28. The Hall–Kier alpha value is -3.52. The Balaban J connectivity index is 1.34. The van der Waals surface area contributed by atoms with Crippen molar-refractivity contribution in [3.63, 3.8) is 0 Å². The lowest BCUT2D eigenvalue weighted by Crippen LogP contribution is -2.45. The Morgan fingerprint density at radius 1 is 1.14 bits per heavy atom. The zero-order valence-corrected chi connectivity index (χ0v) is 20.4. The summed E-state index contributed by atoms with van der Waals surface area (Å²) < 4.78 is 25.4. The molecule has 1 N–H and O–H groups in total. The maximum Gasteiger partial charge on any atom is 0.227 e. The molecule has 1 aliphatic heterocycles. The molecule has 1 aromatic heterocycles. The third-order valence-electron chi connectivity index (χ3n) is 6.14. The lowest BCUT2D eigenvalue weighted by Gasteiger charge is -2.39. The van der Waals surface area contributed by atoms with Crippen molar-refractivity contribution in [2.75, 3.05) is 32.1 Å². The molecule has 1 aliphatic rings. The van der Waals surface area contributed by atoms with E-state index in [1.165, 1.54) is 50.2 Å². The first-order valence-electron chi connectivity index (χ1n) is 11.9. The third kappa shape index (κ3) is 5.95. The number of nitrogens with one attached hydrogen (secondary N) is 1.